The van der Waals surface area contributed by atoms with Gasteiger partial charge in [0, 0.05) is 43.7 Å². The maximum absolute atomic E-state index is 14.7. The van der Waals surface area contributed by atoms with Gasteiger partial charge in [0.25, 0.3) is 5.91 Å². The number of hydrogen-bond acceptors (Lipinski definition) is 8. The zero-order chi connectivity index (χ0) is 36.2. The van der Waals surface area contributed by atoms with E-state index in [9.17, 15) is 24.3 Å². The molecular formula is C38H46BrN3O8. The quantitative estimate of drug-likeness (QED) is 0.152. The number of carbonyl (C=O) groups excluding carboxylic acids is 4. The van der Waals surface area contributed by atoms with Crippen LogP contribution in [0.4, 0.5) is 5.69 Å². The highest BCUT2D eigenvalue weighted by molar-refractivity contribution is 9.09. The van der Waals surface area contributed by atoms with Crippen LogP contribution in [0.15, 0.2) is 79.9 Å². The van der Waals surface area contributed by atoms with Crippen molar-refractivity contribution in [2.24, 2.45) is 11.8 Å². The summed E-state index contributed by atoms with van der Waals surface area (Å²) < 4.78 is 18.3. The van der Waals surface area contributed by atoms with E-state index in [4.69, 9.17) is 14.2 Å². The van der Waals surface area contributed by atoms with Gasteiger partial charge in [-0.2, -0.15) is 0 Å². The van der Waals surface area contributed by atoms with E-state index in [1.165, 1.54) is 4.90 Å². The predicted molar refractivity (Wildman–Crippen MR) is 192 cm³/mol. The van der Waals surface area contributed by atoms with E-state index in [0.29, 0.717) is 29.8 Å². The average molecular weight is 753 g/mol. The number of benzene rings is 2. The first-order valence-corrected chi connectivity index (χ1v) is 17.9. The van der Waals surface area contributed by atoms with Crippen LogP contribution in [0, 0.1) is 11.8 Å². The number of allylic oxidation sites excluding steroid dienone is 1. The monoisotopic (exact) mass is 751 g/mol. The van der Waals surface area contributed by atoms with Gasteiger partial charge in [0.1, 0.15) is 23.5 Å². The Hall–Kier alpha value is -4.00. The van der Waals surface area contributed by atoms with Gasteiger partial charge in [0.15, 0.2) is 0 Å². The molecule has 3 fully saturated rings. The number of nitrogens with zero attached hydrogens (tertiary/aromatic N) is 3. The third-order valence-corrected chi connectivity index (χ3v) is 11.0. The van der Waals surface area contributed by atoms with Crippen molar-refractivity contribution in [1.29, 1.82) is 0 Å². The lowest BCUT2D eigenvalue weighted by Crippen LogP contribution is -2.57. The van der Waals surface area contributed by atoms with Gasteiger partial charge in [-0.1, -0.05) is 58.4 Å². The number of aliphatic hydroxyl groups excluding tert-OH is 1. The largest absolute Gasteiger partial charge is 0.497 e. The van der Waals surface area contributed by atoms with E-state index >= 15 is 0 Å². The van der Waals surface area contributed by atoms with E-state index in [1.54, 1.807) is 60.4 Å². The summed E-state index contributed by atoms with van der Waals surface area (Å²) in [6, 6.07) is 14.6. The molecule has 1 spiro atoms. The molecule has 2 aromatic carbocycles. The van der Waals surface area contributed by atoms with Crippen molar-refractivity contribution in [3.63, 3.8) is 0 Å². The molecule has 3 aliphatic rings. The molecule has 1 unspecified atom stereocenters. The third kappa shape index (κ3) is 6.85. The maximum atomic E-state index is 14.7. The lowest BCUT2D eigenvalue weighted by molar-refractivity contribution is -0.164. The molecule has 3 aliphatic heterocycles. The van der Waals surface area contributed by atoms with E-state index in [2.05, 4.69) is 29.1 Å². The summed E-state index contributed by atoms with van der Waals surface area (Å²) in [4.78, 5) is 60.9. The van der Waals surface area contributed by atoms with Crippen molar-refractivity contribution in [3.05, 3.63) is 85.5 Å². The van der Waals surface area contributed by atoms with Gasteiger partial charge in [-0.15, -0.1) is 13.2 Å². The van der Waals surface area contributed by atoms with Crippen LogP contribution in [0.25, 0.3) is 0 Å². The van der Waals surface area contributed by atoms with Gasteiger partial charge in [-0.25, -0.2) is 0 Å². The molecular weight excluding hydrogens is 706 g/mol. The summed E-state index contributed by atoms with van der Waals surface area (Å²) in [7, 11) is 3.23. The number of likely N-dealkylation sites (N-methyl/N-ethyl adjacent to an activating group) is 1. The molecule has 5 rings (SSSR count). The standard InChI is InChI=1S/C38H46BrN3O8/c1-6-8-15-29(44)40(4)24(3)32(25-13-10-9-11-14-25)49-37(47)30-31-35(45)42(21-12-22-43)34(38(31)23-28(39)33(30)50-38)36(46)41(20-7-2)26-16-18-27(48-5)19-17-26/h6-7,9-11,13-14,16-19,24,28,30-34,43H,1-2,8,12,15,20-23H2,3-5H3/t24-,28?,30+,31-,32+,33+,34+,38-/m1/s1. The van der Waals surface area contributed by atoms with Gasteiger partial charge in [0.2, 0.25) is 11.8 Å². The molecule has 0 aliphatic carbocycles. The summed E-state index contributed by atoms with van der Waals surface area (Å²) in [5, 5.41) is 9.76. The number of alkyl halides is 1. The number of aliphatic hydroxyl groups is 1. The number of halogens is 1. The Kier molecular flexibility index (Phi) is 11.9. The van der Waals surface area contributed by atoms with E-state index in [1.807, 2.05) is 37.3 Å². The second kappa shape index (κ2) is 15.9. The highest BCUT2D eigenvalue weighted by Crippen LogP contribution is 2.60. The van der Waals surface area contributed by atoms with Crippen molar-refractivity contribution in [3.8, 4) is 5.75 Å². The van der Waals surface area contributed by atoms with Crippen molar-refractivity contribution in [2.45, 2.75) is 67.3 Å². The average Bonchev–Trinajstić information content (AvgIpc) is 3.73. The zero-order valence-corrected chi connectivity index (χ0v) is 30.4. The molecule has 2 aromatic rings. The van der Waals surface area contributed by atoms with E-state index in [0.717, 1.165) is 0 Å². The molecule has 50 heavy (non-hydrogen) atoms. The molecule has 8 atom stereocenters. The molecule has 11 nitrogen and oxygen atoms in total. The Morgan fingerprint density at radius 1 is 1.14 bits per heavy atom. The van der Waals surface area contributed by atoms with Gasteiger partial charge in [-0.05, 0) is 56.0 Å². The van der Waals surface area contributed by atoms with Crippen molar-refractivity contribution in [2.75, 3.05) is 38.8 Å². The number of ether oxygens (including phenoxy) is 3. The summed E-state index contributed by atoms with van der Waals surface area (Å²) in [6.07, 6.45) is 3.03. The molecule has 3 saturated heterocycles. The molecule has 0 aromatic heterocycles. The fourth-order valence-electron chi connectivity index (χ4n) is 7.64. The Morgan fingerprint density at radius 3 is 2.46 bits per heavy atom. The maximum Gasteiger partial charge on any atom is 0.313 e. The minimum atomic E-state index is -1.33. The van der Waals surface area contributed by atoms with Crippen LogP contribution in [0.5, 0.6) is 5.75 Å². The number of carbonyl (C=O) groups is 4. The second-order valence-electron chi connectivity index (χ2n) is 13.0. The molecule has 3 amide bonds. The predicted octanol–water partition coefficient (Wildman–Crippen LogP) is 4.44. The first-order chi connectivity index (χ1) is 24.0. The number of fused-ring (bicyclic) bond motifs is 1. The lowest BCUT2D eigenvalue weighted by Gasteiger charge is -2.37. The fraction of sp³-hybridized carbons (Fsp3) is 0.474. The van der Waals surface area contributed by atoms with Gasteiger partial charge in [-0.3, -0.25) is 19.2 Å². The molecule has 1 N–H and O–H groups in total. The highest BCUT2D eigenvalue weighted by atomic mass is 79.9. The van der Waals surface area contributed by atoms with Gasteiger partial charge < -0.3 is 34.0 Å². The number of likely N-dealkylation sites (tertiary alicyclic amines) is 1. The van der Waals surface area contributed by atoms with Crippen LogP contribution in [-0.2, 0) is 28.7 Å². The minimum Gasteiger partial charge on any atom is -0.497 e. The van der Waals surface area contributed by atoms with E-state index < -0.39 is 53.6 Å². The highest BCUT2D eigenvalue weighted by Gasteiger charge is 2.77. The van der Waals surface area contributed by atoms with Crippen LogP contribution in [0.1, 0.15) is 44.3 Å². The number of amides is 3. The van der Waals surface area contributed by atoms with Crippen molar-refractivity contribution < 1.29 is 38.5 Å². The number of anilines is 1. The van der Waals surface area contributed by atoms with Gasteiger partial charge >= 0.3 is 5.97 Å². The van der Waals surface area contributed by atoms with Crippen LogP contribution >= 0.6 is 15.9 Å². The first-order valence-electron chi connectivity index (χ1n) is 17.0. The minimum absolute atomic E-state index is 0.0958. The third-order valence-electron chi connectivity index (χ3n) is 10.2. The van der Waals surface area contributed by atoms with Gasteiger partial charge in [0.05, 0.1) is 31.1 Å². The number of rotatable bonds is 16. The molecule has 0 saturated carbocycles. The SMILES string of the molecule is C=CCCC(=O)N(C)[C@H](C)[C@H](OC(=O)[C@@H]1[C@H]2O[C@@]3(CC2Br)[C@H](C(=O)N(CC=C)c2ccc(OC)cc2)N(CCCO)C(=O)[C@@H]13)c1ccccc1. The number of esters is 1. The molecule has 12 heteroatoms. The van der Waals surface area contributed by atoms with Crippen molar-refractivity contribution >= 4 is 45.3 Å². The number of hydrogen-bond donors (Lipinski definition) is 1. The Bertz CT molecular complexity index is 1570. The topological polar surface area (TPSA) is 126 Å². The number of methoxy groups -OCH3 is 1. The second-order valence-corrected chi connectivity index (χ2v) is 14.2. The summed E-state index contributed by atoms with van der Waals surface area (Å²) in [5.41, 5.74) is -0.0557. The normalized spacial score (nSPS) is 26.1. The van der Waals surface area contributed by atoms with E-state index in [-0.39, 0.29) is 49.2 Å². The summed E-state index contributed by atoms with van der Waals surface area (Å²) in [6.45, 7) is 9.45. The van der Waals surface area contributed by atoms with Crippen LogP contribution < -0.4 is 9.64 Å². The zero-order valence-electron chi connectivity index (χ0n) is 28.8. The Balaban J connectivity index is 1.50. The molecule has 0 radical (unpaired) electrons. The smallest absolute Gasteiger partial charge is 0.313 e. The molecule has 2 bridgehead atoms. The molecule has 3 heterocycles. The van der Waals surface area contributed by atoms with Crippen LogP contribution in [0.3, 0.4) is 0 Å². The lowest BCUT2D eigenvalue weighted by atomic mass is 9.70. The van der Waals surface area contributed by atoms with Crippen LogP contribution in [0.2, 0.25) is 0 Å². The first kappa shape index (κ1) is 37.3. The van der Waals surface area contributed by atoms with Crippen LogP contribution in [-0.4, -0.2) is 101 Å². The fourth-order valence-corrected chi connectivity index (χ4v) is 8.59. The summed E-state index contributed by atoms with van der Waals surface area (Å²) >= 11 is 3.72. The summed E-state index contributed by atoms with van der Waals surface area (Å²) in [5.74, 6) is -2.93. The van der Waals surface area contributed by atoms with Crippen molar-refractivity contribution in [1.82, 2.24) is 9.80 Å². The Labute approximate surface area is 302 Å². The molecule has 268 valence electrons. The Morgan fingerprint density at radius 2 is 1.84 bits per heavy atom.